The Balaban J connectivity index is 1.87. The maximum atomic E-state index is 12.9. The number of furan rings is 1. The molecule has 1 N–H and O–H groups in total. The molecule has 2 aromatic rings. The lowest BCUT2D eigenvalue weighted by Crippen LogP contribution is -2.12. The lowest BCUT2D eigenvalue weighted by molar-refractivity contribution is 0.506. The Morgan fingerprint density at radius 2 is 1.81 bits per heavy atom. The fourth-order valence-corrected chi connectivity index (χ4v) is 1.39. The van der Waals surface area contributed by atoms with Crippen molar-refractivity contribution >= 4 is 0 Å². The quantitative estimate of drug-likeness (QED) is 0.862. The summed E-state index contributed by atoms with van der Waals surface area (Å²) in [4.78, 5) is 0. The fourth-order valence-electron chi connectivity index (χ4n) is 1.39. The number of nitrogens with one attached hydrogen (secondary N) is 1. The Labute approximate surface area is 91.9 Å². The Morgan fingerprint density at radius 1 is 1.00 bits per heavy atom. The van der Waals surface area contributed by atoms with Crippen LogP contribution in [0.15, 0.2) is 41.2 Å². The first-order valence-electron chi connectivity index (χ1n) is 4.91. The molecule has 1 heterocycles. The van der Waals surface area contributed by atoms with E-state index >= 15 is 0 Å². The van der Waals surface area contributed by atoms with E-state index in [1.807, 2.05) is 6.07 Å². The van der Waals surface area contributed by atoms with E-state index in [1.54, 1.807) is 18.6 Å². The van der Waals surface area contributed by atoms with Crippen LogP contribution in [0.2, 0.25) is 0 Å². The highest BCUT2D eigenvalue weighted by Gasteiger charge is 2.02. The summed E-state index contributed by atoms with van der Waals surface area (Å²) >= 11 is 0. The van der Waals surface area contributed by atoms with E-state index in [0.29, 0.717) is 18.7 Å². The summed E-state index contributed by atoms with van der Waals surface area (Å²) in [5.41, 5.74) is 1.73. The number of rotatable bonds is 4. The van der Waals surface area contributed by atoms with Crippen molar-refractivity contribution in [3.8, 4) is 0 Å². The Kier molecular flexibility index (Phi) is 3.31. The second kappa shape index (κ2) is 4.90. The monoisotopic (exact) mass is 223 g/mol. The predicted molar refractivity (Wildman–Crippen MR) is 55.6 cm³/mol. The van der Waals surface area contributed by atoms with Crippen molar-refractivity contribution in [2.24, 2.45) is 0 Å². The molecule has 1 aromatic heterocycles. The molecule has 0 saturated carbocycles. The van der Waals surface area contributed by atoms with Crippen molar-refractivity contribution in [1.29, 1.82) is 0 Å². The average Bonchev–Trinajstić information content (AvgIpc) is 2.76. The van der Waals surface area contributed by atoms with Gasteiger partial charge in [-0.15, -0.1) is 0 Å². The highest BCUT2D eigenvalue weighted by atomic mass is 19.2. The maximum Gasteiger partial charge on any atom is 0.159 e. The Bertz CT molecular complexity index is 454. The largest absolute Gasteiger partial charge is 0.472 e. The topological polar surface area (TPSA) is 25.2 Å². The molecule has 0 aliphatic carbocycles. The summed E-state index contributed by atoms with van der Waals surface area (Å²) in [5.74, 6) is -1.64. The van der Waals surface area contributed by atoms with Crippen molar-refractivity contribution in [3.05, 3.63) is 59.6 Å². The molecule has 2 rings (SSSR count). The van der Waals surface area contributed by atoms with Gasteiger partial charge < -0.3 is 9.73 Å². The van der Waals surface area contributed by atoms with Crippen molar-refractivity contribution in [1.82, 2.24) is 5.32 Å². The summed E-state index contributed by atoms with van der Waals surface area (Å²) in [6.07, 6.45) is 3.23. The summed E-state index contributed by atoms with van der Waals surface area (Å²) < 4.78 is 30.4. The SMILES string of the molecule is Fc1ccc(CNCc2ccoc2)cc1F. The van der Waals surface area contributed by atoms with E-state index in [-0.39, 0.29) is 0 Å². The Hall–Kier alpha value is -1.68. The van der Waals surface area contributed by atoms with Crippen LogP contribution in [0.1, 0.15) is 11.1 Å². The average molecular weight is 223 g/mol. The van der Waals surface area contributed by atoms with Crippen LogP contribution in [-0.4, -0.2) is 0 Å². The molecule has 0 spiro atoms. The standard InChI is InChI=1S/C12H11F2NO/c13-11-2-1-9(5-12(11)14)6-15-7-10-3-4-16-8-10/h1-5,8,15H,6-7H2. The van der Waals surface area contributed by atoms with Gasteiger partial charge in [-0.05, 0) is 23.8 Å². The van der Waals surface area contributed by atoms with Crippen LogP contribution in [0.5, 0.6) is 0 Å². The van der Waals surface area contributed by atoms with E-state index in [1.165, 1.54) is 6.07 Å². The zero-order valence-corrected chi connectivity index (χ0v) is 8.54. The third-order valence-corrected chi connectivity index (χ3v) is 2.22. The van der Waals surface area contributed by atoms with Gasteiger partial charge in [0.2, 0.25) is 0 Å². The van der Waals surface area contributed by atoms with E-state index in [4.69, 9.17) is 4.42 Å². The van der Waals surface area contributed by atoms with Gasteiger partial charge in [0.25, 0.3) is 0 Å². The molecule has 1 aromatic carbocycles. The highest BCUT2D eigenvalue weighted by molar-refractivity contribution is 5.17. The first-order valence-corrected chi connectivity index (χ1v) is 4.91. The van der Waals surface area contributed by atoms with E-state index in [9.17, 15) is 8.78 Å². The lowest BCUT2D eigenvalue weighted by atomic mass is 10.2. The fraction of sp³-hybridized carbons (Fsp3) is 0.167. The molecule has 2 nitrogen and oxygen atoms in total. The first kappa shape index (κ1) is 10.8. The molecule has 4 heteroatoms. The van der Waals surface area contributed by atoms with Gasteiger partial charge in [-0.25, -0.2) is 8.78 Å². The number of halogens is 2. The minimum Gasteiger partial charge on any atom is -0.472 e. The van der Waals surface area contributed by atoms with E-state index in [2.05, 4.69) is 5.32 Å². The first-order chi connectivity index (χ1) is 7.75. The predicted octanol–water partition coefficient (Wildman–Crippen LogP) is 2.85. The number of benzene rings is 1. The zero-order valence-electron chi connectivity index (χ0n) is 8.54. The summed E-state index contributed by atoms with van der Waals surface area (Å²) in [6, 6.07) is 5.72. The maximum absolute atomic E-state index is 12.9. The van der Waals surface area contributed by atoms with Gasteiger partial charge in [0.1, 0.15) is 0 Å². The van der Waals surface area contributed by atoms with Crippen LogP contribution in [0.25, 0.3) is 0 Å². The molecule has 0 atom stereocenters. The van der Waals surface area contributed by atoms with Crippen molar-refractivity contribution in [2.45, 2.75) is 13.1 Å². The molecular formula is C12H11F2NO. The van der Waals surface area contributed by atoms with Crippen LogP contribution < -0.4 is 5.32 Å². The van der Waals surface area contributed by atoms with Gasteiger partial charge in [0.05, 0.1) is 12.5 Å². The van der Waals surface area contributed by atoms with Gasteiger partial charge in [-0.1, -0.05) is 6.07 Å². The Morgan fingerprint density at radius 3 is 2.50 bits per heavy atom. The van der Waals surface area contributed by atoms with Crippen LogP contribution in [0, 0.1) is 11.6 Å². The molecule has 0 unspecified atom stereocenters. The third kappa shape index (κ3) is 2.67. The molecule has 0 saturated heterocycles. The molecule has 0 bridgehead atoms. The van der Waals surface area contributed by atoms with Gasteiger partial charge >= 0.3 is 0 Å². The molecule has 0 aliphatic heterocycles. The molecule has 0 radical (unpaired) electrons. The summed E-state index contributed by atoms with van der Waals surface area (Å²) in [5, 5.41) is 3.10. The third-order valence-electron chi connectivity index (χ3n) is 2.22. The molecular weight excluding hydrogens is 212 g/mol. The molecule has 84 valence electrons. The lowest BCUT2D eigenvalue weighted by Gasteiger charge is -2.03. The van der Waals surface area contributed by atoms with Crippen molar-refractivity contribution in [2.75, 3.05) is 0 Å². The molecule has 0 aliphatic rings. The van der Waals surface area contributed by atoms with Gasteiger partial charge in [0, 0.05) is 18.7 Å². The summed E-state index contributed by atoms with van der Waals surface area (Å²) in [7, 11) is 0. The van der Waals surface area contributed by atoms with Crippen LogP contribution in [0.4, 0.5) is 8.78 Å². The van der Waals surface area contributed by atoms with Crippen molar-refractivity contribution in [3.63, 3.8) is 0 Å². The summed E-state index contributed by atoms with van der Waals surface area (Å²) in [6.45, 7) is 1.12. The smallest absolute Gasteiger partial charge is 0.159 e. The van der Waals surface area contributed by atoms with Crippen LogP contribution >= 0.6 is 0 Å². The van der Waals surface area contributed by atoms with Gasteiger partial charge in [-0.2, -0.15) is 0 Å². The second-order valence-corrected chi connectivity index (χ2v) is 3.48. The number of hydrogen-bond acceptors (Lipinski definition) is 2. The second-order valence-electron chi connectivity index (χ2n) is 3.48. The molecule has 0 amide bonds. The normalized spacial score (nSPS) is 10.6. The molecule has 0 fully saturated rings. The van der Waals surface area contributed by atoms with E-state index in [0.717, 1.165) is 11.6 Å². The van der Waals surface area contributed by atoms with Gasteiger partial charge in [0.15, 0.2) is 11.6 Å². The zero-order chi connectivity index (χ0) is 11.4. The minimum absolute atomic E-state index is 0.488. The van der Waals surface area contributed by atoms with Crippen molar-refractivity contribution < 1.29 is 13.2 Å². The minimum atomic E-state index is -0.821. The van der Waals surface area contributed by atoms with Gasteiger partial charge in [-0.3, -0.25) is 0 Å². The molecule has 16 heavy (non-hydrogen) atoms. The van der Waals surface area contributed by atoms with E-state index < -0.39 is 11.6 Å². The number of hydrogen-bond donors (Lipinski definition) is 1. The van der Waals surface area contributed by atoms with Crippen LogP contribution in [-0.2, 0) is 13.1 Å². The van der Waals surface area contributed by atoms with Crippen LogP contribution in [0.3, 0.4) is 0 Å². The highest BCUT2D eigenvalue weighted by Crippen LogP contribution is 2.08.